The lowest BCUT2D eigenvalue weighted by Gasteiger charge is -2.28. The predicted octanol–water partition coefficient (Wildman–Crippen LogP) is 5.57. The summed E-state index contributed by atoms with van der Waals surface area (Å²) in [6, 6.07) is 16.0. The van der Waals surface area contributed by atoms with E-state index in [4.69, 9.17) is 16.0 Å². The van der Waals surface area contributed by atoms with Gasteiger partial charge in [0.25, 0.3) is 11.6 Å². The average molecular weight is 566 g/mol. The Morgan fingerprint density at radius 1 is 1.02 bits per heavy atom. The van der Waals surface area contributed by atoms with Crippen LogP contribution in [0.3, 0.4) is 0 Å². The number of nitrogens with zero attached hydrogens (tertiary/aromatic N) is 3. The number of halogens is 2. The van der Waals surface area contributed by atoms with Gasteiger partial charge in [-0.15, -0.1) is 0 Å². The van der Waals surface area contributed by atoms with Gasteiger partial charge in [-0.1, -0.05) is 42.8 Å². The molecule has 40 heavy (non-hydrogen) atoms. The van der Waals surface area contributed by atoms with Crippen LogP contribution < -0.4 is 5.43 Å². The molecule has 0 atom stereocenters. The molecule has 0 bridgehead atoms. The van der Waals surface area contributed by atoms with Gasteiger partial charge in [0.15, 0.2) is 5.43 Å². The molecule has 0 saturated carbocycles. The normalized spacial score (nSPS) is 10.9. The number of carbonyl (C=O) groups is 2. The molecule has 0 radical (unpaired) electrons. The fourth-order valence-corrected chi connectivity index (χ4v) is 4.42. The lowest BCUT2D eigenvalue weighted by molar-refractivity contribution is -0.384. The highest BCUT2D eigenvalue weighted by atomic mass is 35.5. The van der Waals surface area contributed by atoms with Crippen LogP contribution in [-0.4, -0.2) is 39.6 Å². The zero-order chi connectivity index (χ0) is 28.8. The second kappa shape index (κ2) is 12.5. The third kappa shape index (κ3) is 6.52. The van der Waals surface area contributed by atoms with Crippen molar-refractivity contribution in [1.82, 2.24) is 9.80 Å². The standard InChI is InChI=1S/C29H25ClFN3O6/c1-2-13-32(29(37)20-9-12-24(30)25(14-20)34(38)39)17-27(35)33(15-19-7-10-22(31)11-8-19)16-21-18-40-26-6-4-3-5-23(26)28(21)36/h3-12,14,18H,2,13,15-17H2,1H3. The Kier molecular flexibility index (Phi) is 8.90. The van der Waals surface area contributed by atoms with Crippen molar-refractivity contribution in [2.75, 3.05) is 13.1 Å². The van der Waals surface area contributed by atoms with E-state index in [9.17, 15) is 28.9 Å². The molecular formula is C29H25ClFN3O6. The average Bonchev–Trinajstić information content (AvgIpc) is 2.94. The Morgan fingerprint density at radius 3 is 2.45 bits per heavy atom. The number of nitro groups is 1. The van der Waals surface area contributed by atoms with Crippen LogP contribution in [0.2, 0.25) is 5.02 Å². The molecule has 0 unspecified atom stereocenters. The topological polar surface area (TPSA) is 114 Å². The van der Waals surface area contributed by atoms with Crippen molar-refractivity contribution in [3.05, 3.63) is 121 Å². The van der Waals surface area contributed by atoms with Crippen LogP contribution in [0, 0.1) is 15.9 Å². The second-order valence-corrected chi connectivity index (χ2v) is 9.52. The molecule has 4 aromatic rings. The smallest absolute Gasteiger partial charge is 0.288 e. The summed E-state index contributed by atoms with van der Waals surface area (Å²) in [4.78, 5) is 53.4. The third-order valence-corrected chi connectivity index (χ3v) is 6.57. The van der Waals surface area contributed by atoms with E-state index >= 15 is 0 Å². The molecular weight excluding hydrogens is 541 g/mol. The number of rotatable bonds is 10. The Hall–Kier alpha value is -4.57. The summed E-state index contributed by atoms with van der Waals surface area (Å²) < 4.78 is 19.1. The zero-order valence-electron chi connectivity index (χ0n) is 21.5. The molecule has 0 aliphatic carbocycles. The molecule has 0 N–H and O–H groups in total. The Labute approximate surface area is 233 Å². The first-order valence-electron chi connectivity index (χ1n) is 12.4. The fourth-order valence-electron chi connectivity index (χ4n) is 4.23. The first kappa shape index (κ1) is 28.4. The number of hydrogen-bond acceptors (Lipinski definition) is 6. The minimum absolute atomic E-state index is 0.0117. The Balaban J connectivity index is 1.64. The van der Waals surface area contributed by atoms with E-state index in [1.165, 1.54) is 52.5 Å². The summed E-state index contributed by atoms with van der Waals surface area (Å²) >= 11 is 5.89. The van der Waals surface area contributed by atoms with Gasteiger partial charge >= 0.3 is 0 Å². The molecule has 206 valence electrons. The van der Waals surface area contributed by atoms with Gasteiger partial charge in [0, 0.05) is 24.7 Å². The number of benzene rings is 3. The maximum Gasteiger partial charge on any atom is 0.288 e. The van der Waals surface area contributed by atoms with E-state index in [2.05, 4.69) is 0 Å². The quantitative estimate of drug-likeness (QED) is 0.183. The van der Waals surface area contributed by atoms with Crippen molar-refractivity contribution >= 4 is 40.1 Å². The maximum atomic E-state index is 13.6. The molecule has 1 aromatic heterocycles. The van der Waals surface area contributed by atoms with Crippen molar-refractivity contribution in [1.29, 1.82) is 0 Å². The molecule has 4 rings (SSSR count). The summed E-state index contributed by atoms with van der Waals surface area (Å²) in [5.41, 5.74) is 0.546. The van der Waals surface area contributed by atoms with Gasteiger partial charge < -0.3 is 14.2 Å². The van der Waals surface area contributed by atoms with E-state index in [0.717, 1.165) is 6.07 Å². The van der Waals surface area contributed by atoms with Gasteiger partial charge in [-0.3, -0.25) is 24.5 Å². The largest absolute Gasteiger partial charge is 0.464 e. The number of para-hydroxylation sites is 1. The first-order chi connectivity index (χ1) is 19.2. The number of amides is 2. The van der Waals surface area contributed by atoms with Crippen molar-refractivity contribution in [3.63, 3.8) is 0 Å². The van der Waals surface area contributed by atoms with Crippen LogP contribution in [0.5, 0.6) is 0 Å². The fraction of sp³-hybridized carbons (Fsp3) is 0.207. The van der Waals surface area contributed by atoms with Crippen molar-refractivity contribution in [2.24, 2.45) is 0 Å². The van der Waals surface area contributed by atoms with Gasteiger partial charge in [0.2, 0.25) is 5.91 Å². The van der Waals surface area contributed by atoms with Gasteiger partial charge in [-0.25, -0.2) is 4.39 Å². The Morgan fingerprint density at radius 2 is 1.75 bits per heavy atom. The van der Waals surface area contributed by atoms with Gasteiger partial charge in [-0.2, -0.15) is 0 Å². The highest BCUT2D eigenvalue weighted by Crippen LogP contribution is 2.26. The molecule has 9 nitrogen and oxygen atoms in total. The predicted molar refractivity (Wildman–Crippen MR) is 147 cm³/mol. The molecule has 0 fully saturated rings. The van der Waals surface area contributed by atoms with Crippen molar-refractivity contribution in [3.8, 4) is 0 Å². The maximum absolute atomic E-state index is 13.6. The van der Waals surface area contributed by atoms with Gasteiger partial charge in [0.1, 0.15) is 23.0 Å². The molecule has 3 aromatic carbocycles. The van der Waals surface area contributed by atoms with Gasteiger partial charge in [0.05, 0.1) is 28.7 Å². The number of fused-ring (bicyclic) bond motifs is 1. The van der Waals surface area contributed by atoms with Crippen molar-refractivity contribution in [2.45, 2.75) is 26.4 Å². The van der Waals surface area contributed by atoms with E-state index < -0.39 is 28.2 Å². The Bertz CT molecular complexity index is 1620. The van der Waals surface area contributed by atoms with Gasteiger partial charge in [-0.05, 0) is 48.4 Å². The summed E-state index contributed by atoms with van der Waals surface area (Å²) in [6.07, 6.45) is 1.82. The minimum Gasteiger partial charge on any atom is -0.464 e. The highest BCUT2D eigenvalue weighted by molar-refractivity contribution is 6.32. The summed E-state index contributed by atoms with van der Waals surface area (Å²) in [5, 5.41) is 11.6. The molecule has 0 spiro atoms. The number of hydrogen-bond donors (Lipinski definition) is 0. The van der Waals surface area contributed by atoms with Crippen LogP contribution in [0.1, 0.15) is 34.8 Å². The summed E-state index contributed by atoms with van der Waals surface area (Å²) in [5.74, 6) is -1.50. The van der Waals surface area contributed by atoms with Crippen LogP contribution in [0.25, 0.3) is 11.0 Å². The van der Waals surface area contributed by atoms with E-state index in [1.807, 2.05) is 6.92 Å². The van der Waals surface area contributed by atoms with Crippen LogP contribution in [0.4, 0.5) is 10.1 Å². The number of carbonyl (C=O) groups excluding carboxylic acids is 2. The lowest BCUT2D eigenvalue weighted by atomic mass is 10.1. The molecule has 11 heteroatoms. The molecule has 0 saturated heterocycles. The summed E-state index contributed by atoms with van der Waals surface area (Å²) in [7, 11) is 0. The third-order valence-electron chi connectivity index (χ3n) is 6.25. The SMILES string of the molecule is CCCN(CC(=O)N(Cc1ccc(F)cc1)Cc1coc2ccccc2c1=O)C(=O)c1ccc(Cl)c([N+](=O)[O-])c1. The monoisotopic (exact) mass is 565 g/mol. The lowest BCUT2D eigenvalue weighted by Crippen LogP contribution is -2.43. The van der Waals surface area contributed by atoms with E-state index in [0.29, 0.717) is 23.0 Å². The second-order valence-electron chi connectivity index (χ2n) is 9.11. The summed E-state index contributed by atoms with van der Waals surface area (Å²) in [6.45, 7) is 1.58. The molecule has 2 amide bonds. The highest BCUT2D eigenvalue weighted by Gasteiger charge is 2.25. The van der Waals surface area contributed by atoms with E-state index in [-0.39, 0.29) is 47.8 Å². The van der Waals surface area contributed by atoms with Crippen LogP contribution >= 0.6 is 11.6 Å². The van der Waals surface area contributed by atoms with Crippen molar-refractivity contribution < 1.29 is 23.3 Å². The first-order valence-corrected chi connectivity index (χ1v) is 12.8. The minimum atomic E-state index is -0.687. The molecule has 0 aliphatic rings. The van der Waals surface area contributed by atoms with Crippen LogP contribution in [0.15, 0.2) is 82.2 Å². The molecule has 0 aliphatic heterocycles. The zero-order valence-corrected chi connectivity index (χ0v) is 22.3. The van der Waals surface area contributed by atoms with E-state index in [1.54, 1.807) is 24.3 Å². The number of nitro benzene ring substituents is 1. The van der Waals surface area contributed by atoms with Crippen LogP contribution in [-0.2, 0) is 17.9 Å². The molecule has 1 heterocycles.